The molecule has 1 rings (SSSR count). The van der Waals surface area contributed by atoms with Crippen molar-refractivity contribution in [3.8, 4) is 0 Å². The molecule has 1 aromatic rings. The van der Waals surface area contributed by atoms with E-state index in [1.807, 2.05) is 6.07 Å². The monoisotopic (exact) mass is 282 g/mol. The zero-order valence-electron chi connectivity index (χ0n) is 12.5. The smallest absolute Gasteiger partial charge is 0.0426 e. The molecule has 0 aliphatic rings. The second kappa shape index (κ2) is 8.44. The maximum Gasteiger partial charge on any atom is 0.0426 e. The van der Waals surface area contributed by atoms with Gasteiger partial charge in [0.05, 0.1) is 0 Å². The number of hydrogen-bond donors (Lipinski definition) is 1. The fraction of sp³-hybridized carbons (Fsp3) is 0.625. The van der Waals surface area contributed by atoms with E-state index >= 15 is 0 Å². The third kappa shape index (κ3) is 5.04. The van der Waals surface area contributed by atoms with Crippen molar-refractivity contribution < 1.29 is 0 Å². The molecule has 0 saturated carbocycles. The largest absolute Gasteiger partial charge is 0.371 e. The summed E-state index contributed by atoms with van der Waals surface area (Å²) in [6.07, 6.45) is 4.22. The van der Waals surface area contributed by atoms with Gasteiger partial charge in [0.1, 0.15) is 0 Å². The number of anilines is 1. The molecule has 0 saturated heterocycles. The Morgan fingerprint density at radius 2 is 1.79 bits per heavy atom. The van der Waals surface area contributed by atoms with Gasteiger partial charge >= 0.3 is 0 Å². The minimum Gasteiger partial charge on any atom is -0.371 e. The SMILES string of the molecule is CCCN(CCC)c1cc(Cl)ccc1CC(N)CC. The first-order valence-corrected chi connectivity index (χ1v) is 7.79. The first-order chi connectivity index (χ1) is 9.12. The van der Waals surface area contributed by atoms with Crippen molar-refractivity contribution in [2.75, 3.05) is 18.0 Å². The Kier molecular flexibility index (Phi) is 7.25. The molecule has 2 N–H and O–H groups in total. The number of halogens is 1. The van der Waals surface area contributed by atoms with E-state index in [9.17, 15) is 0 Å². The minimum atomic E-state index is 0.227. The molecule has 2 nitrogen and oxygen atoms in total. The quantitative estimate of drug-likeness (QED) is 0.772. The summed E-state index contributed by atoms with van der Waals surface area (Å²) in [5.74, 6) is 0. The van der Waals surface area contributed by atoms with Gasteiger partial charge in [0.15, 0.2) is 0 Å². The average Bonchev–Trinajstić information content (AvgIpc) is 2.40. The number of hydrogen-bond acceptors (Lipinski definition) is 2. The standard InChI is InChI=1S/C16H27ClN2/c1-4-9-19(10-5-2)16-12-14(17)8-7-13(16)11-15(18)6-3/h7-8,12,15H,4-6,9-11,18H2,1-3H3. The van der Waals surface area contributed by atoms with E-state index in [0.29, 0.717) is 0 Å². The molecule has 0 amide bonds. The van der Waals surface area contributed by atoms with Crippen LogP contribution in [-0.2, 0) is 6.42 Å². The van der Waals surface area contributed by atoms with E-state index in [4.69, 9.17) is 17.3 Å². The summed E-state index contributed by atoms with van der Waals surface area (Å²) < 4.78 is 0. The van der Waals surface area contributed by atoms with Gasteiger partial charge in [-0.1, -0.05) is 38.4 Å². The highest BCUT2D eigenvalue weighted by Gasteiger charge is 2.13. The van der Waals surface area contributed by atoms with Crippen LogP contribution in [0.2, 0.25) is 5.02 Å². The highest BCUT2D eigenvalue weighted by atomic mass is 35.5. The summed E-state index contributed by atoms with van der Waals surface area (Å²) in [4.78, 5) is 2.43. The molecule has 0 aliphatic heterocycles. The Morgan fingerprint density at radius 1 is 1.16 bits per heavy atom. The van der Waals surface area contributed by atoms with E-state index in [-0.39, 0.29) is 6.04 Å². The molecule has 0 radical (unpaired) electrons. The topological polar surface area (TPSA) is 29.3 Å². The Hall–Kier alpha value is -0.730. The van der Waals surface area contributed by atoms with Gasteiger partial charge < -0.3 is 10.6 Å². The molecule has 1 aromatic carbocycles. The lowest BCUT2D eigenvalue weighted by atomic mass is 10.0. The van der Waals surface area contributed by atoms with Crippen molar-refractivity contribution in [2.45, 2.75) is 52.5 Å². The third-order valence-electron chi connectivity index (χ3n) is 3.38. The molecule has 0 heterocycles. The van der Waals surface area contributed by atoms with Crippen LogP contribution in [0, 0.1) is 0 Å². The van der Waals surface area contributed by atoms with E-state index in [2.05, 4.69) is 37.8 Å². The van der Waals surface area contributed by atoms with E-state index in [0.717, 1.165) is 43.8 Å². The van der Waals surface area contributed by atoms with Crippen LogP contribution in [0.5, 0.6) is 0 Å². The van der Waals surface area contributed by atoms with Crippen molar-refractivity contribution in [1.29, 1.82) is 0 Å². The van der Waals surface area contributed by atoms with Gasteiger partial charge in [-0.05, 0) is 43.4 Å². The number of benzene rings is 1. The van der Waals surface area contributed by atoms with E-state index < -0.39 is 0 Å². The maximum absolute atomic E-state index is 6.17. The Bertz CT molecular complexity index is 373. The Balaban J connectivity index is 3.02. The molecule has 1 unspecified atom stereocenters. The van der Waals surface area contributed by atoms with Crippen molar-refractivity contribution >= 4 is 17.3 Å². The third-order valence-corrected chi connectivity index (χ3v) is 3.62. The van der Waals surface area contributed by atoms with Crippen LogP contribution in [0.15, 0.2) is 18.2 Å². The zero-order valence-corrected chi connectivity index (χ0v) is 13.2. The van der Waals surface area contributed by atoms with Crippen molar-refractivity contribution in [2.24, 2.45) is 5.73 Å². The summed E-state index contributed by atoms with van der Waals surface area (Å²) in [6, 6.07) is 6.42. The highest BCUT2D eigenvalue weighted by molar-refractivity contribution is 6.30. The van der Waals surface area contributed by atoms with Crippen molar-refractivity contribution in [1.82, 2.24) is 0 Å². The Morgan fingerprint density at radius 3 is 2.32 bits per heavy atom. The molecular weight excluding hydrogens is 256 g/mol. The molecular formula is C16H27ClN2. The van der Waals surface area contributed by atoms with Crippen LogP contribution in [0.25, 0.3) is 0 Å². The van der Waals surface area contributed by atoms with Gasteiger partial charge in [-0.25, -0.2) is 0 Å². The van der Waals surface area contributed by atoms with Crippen LogP contribution in [0.1, 0.15) is 45.6 Å². The van der Waals surface area contributed by atoms with Gasteiger partial charge in [0, 0.05) is 29.8 Å². The molecule has 0 spiro atoms. The van der Waals surface area contributed by atoms with E-state index in [1.54, 1.807) is 0 Å². The second-order valence-corrected chi connectivity index (χ2v) is 5.57. The van der Waals surface area contributed by atoms with E-state index in [1.165, 1.54) is 11.3 Å². The summed E-state index contributed by atoms with van der Waals surface area (Å²) in [5, 5.41) is 0.807. The van der Waals surface area contributed by atoms with Gasteiger partial charge in [0.25, 0.3) is 0 Å². The maximum atomic E-state index is 6.17. The fourth-order valence-corrected chi connectivity index (χ4v) is 2.49. The zero-order chi connectivity index (χ0) is 14.3. The molecule has 0 fully saturated rings. The van der Waals surface area contributed by atoms with Gasteiger partial charge in [-0.2, -0.15) is 0 Å². The van der Waals surface area contributed by atoms with Crippen LogP contribution in [-0.4, -0.2) is 19.1 Å². The lowest BCUT2D eigenvalue weighted by molar-refractivity contribution is 0.642. The molecule has 108 valence electrons. The summed E-state index contributed by atoms with van der Waals surface area (Å²) >= 11 is 6.17. The van der Waals surface area contributed by atoms with Crippen molar-refractivity contribution in [3.63, 3.8) is 0 Å². The number of nitrogens with two attached hydrogens (primary N) is 1. The molecule has 1 atom stereocenters. The lowest BCUT2D eigenvalue weighted by Gasteiger charge is -2.27. The first-order valence-electron chi connectivity index (χ1n) is 7.41. The fourth-order valence-electron chi connectivity index (χ4n) is 2.32. The van der Waals surface area contributed by atoms with Gasteiger partial charge in [0.2, 0.25) is 0 Å². The number of rotatable bonds is 8. The van der Waals surface area contributed by atoms with Crippen LogP contribution in [0.3, 0.4) is 0 Å². The van der Waals surface area contributed by atoms with Crippen LogP contribution in [0.4, 0.5) is 5.69 Å². The van der Waals surface area contributed by atoms with Crippen LogP contribution >= 0.6 is 11.6 Å². The molecule has 19 heavy (non-hydrogen) atoms. The molecule has 3 heteroatoms. The summed E-state index contributed by atoms with van der Waals surface area (Å²) in [5.41, 5.74) is 8.69. The lowest BCUT2D eigenvalue weighted by Crippen LogP contribution is -2.28. The molecule has 0 bridgehead atoms. The number of nitrogens with zero attached hydrogens (tertiary/aromatic N) is 1. The average molecular weight is 283 g/mol. The second-order valence-electron chi connectivity index (χ2n) is 5.13. The molecule has 0 aromatic heterocycles. The summed E-state index contributed by atoms with van der Waals surface area (Å²) in [6.45, 7) is 8.70. The highest BCUT2D eigenvalue weighted by Crippen LogP contribution is 2.26. The predicted molar refractivity (Wildman–Crippen MR) is 86.2 cm³/mol. The summed E-state index contributed by atoms with van der Waals surface area (Å²) in [7, 11) is 0. The minimum absolute atomic E-state index is 0.227. The van der Waals surface area contributed by atoms with Gasteiger partial charge in [-0.3, -0.25) is 0 Å². The molecule has 0 aliphatic carbocycles. The predicted octanol–water partition coefficient (Wildman–Crippen LogP) is 4.25. The van der Waals surface area contributed by atoms with Crippen LogP contribution < -0.4 is 10.6 Å². The van der Waals surface area contributed by atoms with Gasteiger partial charge in [-0.15, -0.1) is 0 Å². The normalized spacial score (nSPS) is 12.5. The first kappa shape index (κ1) is 16.3. The Labute approximate surface area is 122 Å². The van der Waals surface area contributed by atoms with Crippen molar-refractivity contribution in [3.05, 3.63) is 28.8 Å².